The van der Waals surface area contributed by atoms with Gasteiger partial charge in [-0.1, -0.05) is 6.92 Å². The van der Waals surface area contributed by atoms with Gasteiger partial charge in [0, 0.05) is 25.7 Å². The van der Waals surface area contributed by atoms with E-state index in [4.69, 9.17) is 0 Å². The third kappa shape index (κ3) is 3.44. The van der Waals surface area contributed by atoms with Gasteiger partial charge in [-0.15, -0.1) is 0 Å². The summed E-state index contributed by atoms with van der Waals surface area (Å²) in [4.78, 5) is 0. The topological polar surface area (TPSA) is 61.4 Å². The zero-order chi connectivity index (χ0) is 13.0. The Kier molecular flexibility index (Phi) is 5.00. The molecule has 0 spiro atoms. The molecular weight excluding hydrogens is 250 g/mol. The molecule has 2 aliphatic rings. The molecule has 2 rings (SSSR count). The summed E-state index contributed by atoms with van der Waals surface area (Å²) in [7, 11) is -3.23. The van der Waals surface area contributed by atoms with Crippen molar-refractivity contribution < 1.29 is 8.42 Å². The third-order valence-corrected chi connectivity index (χ3v) is 5.65. The first-order valence-corrected chi connectivity index (χ1v) is 8.55. The highest BCUT2D eigenvalue weighted by molar-refractivity contribution is 7.87. The van der Waals surface area contributed by atoms with Crippen LogP contribution in [0.3, 0.4) is 0 Å². The van der Waals surface area contributed by atoms with Crippen molar-refractivity contribution in [2.24, 2.45) is 5.92 Å². The van der Waals surface area contributed by atoms with Crippen LogP contribution in [0, 0.1) is 5.92 Å². The standard InChI is InChI=1S/C12H25N3O2S/c1-2-7-14-18(16,17)15-9-5-11(6-10-15)12-4-3-8-13-12/h11-14H,2-10H2,1H3. The fourth-order valence-electron chi connectivity index (χ4n) is 2.95. The molecule has 1 atom stereocenters. The van der Waals surface area contributed by atoms with E-state index in [1.165, 1.54) is 12.8 Å². The summed E-state index contributed by atoms with van der Waals surface area (Å²) in [5.74, 6) is 0.658. The van der Waals surface area contributed by atoms with Crippen molar-refractivity contribution >= 4 is 10.2 Å². The summed E-state index contributed by atoms with van der Waals surface area (Å²) in [6, 6.07) is 0.624. The van der Waals surface area contributed by atoms with Gasteiger partial charge in [0.25, 0.3) is 10.2 Å². The van der Waals surface area contributed by atoms with E-state index in [9.17, 15) is 8.42 Å². The fourth-order valence-corrected chi connectivity index (χ4v) is 4.29. The molecule has 6 heteroatoms. The summed E-state index contributed by atoms with van der Waals surface area (Å²) in [6.45, 7) is 4.97. The van der Waals surface area contributed by atoms with Crippen LogP contribution in [0.5, 0.6) is 0 Å². The summed E-state index contributed by atoms with van der Waals surface area (Å²) in [5, 5.41) is 3.53. The first-order valence-electron chi connectivity index (χ1n) is 7.11. The first kappa shape index (κ1) is 14.2. The maximum absolute atomic E-state index is 12.0. The number of hydrogen-bond acceptors (Lipinski definition) is 3. The second kappa shape index (κ2) is 6.32. The molecule has 0 amide bonds. The molecule has 0 radical (unpaired) electrons. The third-order valence-electron chi connectivity index (χ3n) is 4.04. The van der Waals surface area contributed by atoms with Crippen LogP contribution in [0.15, 0.2) is 0 Å². The van der Waals surface area contributed by atoms with Crippen molar-refractivity contribution in [1.29, 1.82) is 0 Å². The normalized spacial score (nSPS) is 27.7. The largest absolute Gasteiger partial charge is 0.314 e. The molecule has 18 heavy (non-hydrogen) atoms. The predicted molar refractivity (Wildman–Crippen MR) is 72.5 cm³/mol. The van der Waals surface area contributed by atoms with Gasteiger partial charge in [-0.25, -0.2) is 4.72 Å². The van der Waals surface area contributed by atoms with Crippen LogP contribution in [0.25, 0.3) is 0 Å². The van der Waals surface area contributed by atoms with E-state index in [-0.39, 0.29) is 0 Å². The lowest BCUT2D eigenvalue weighted by atomic mass is 9.89. The number of nitrogens with zero attached hydrogens (tertiary/aromatic N) is 1. The van der Waals surface area contributed by atoms with E-state index in [0.717, 1.165) is 25.8 Å². The quantitative estimate of drug-likeness (QED) is 0.776. The van der Waals surface area contributed by atoms with Gasteiger partial charge >= 0.3 is 0 Å². The summed E-state index contributed by atoms with van der Waals surface area (Å²) in [6.07, 6.45) is 5.34. The Morgan fingerprint density at radius 2 is 2.00 bits per heavy atom. The average molecular weight is 275 g/mol. The van der Waals surface area contributed by atoms with E-state index >= 15 is 0 Å². The maximum Gasteiger partial charge on any atom is 0.279 e. The van der Waals surface area contributed by atoms with Crippen molar-refractivity contribution in [3.05, 3.63) is 0 Å². The van der Waals surface area contributed by atoms with Crippen molar-refractivity contribution in [1.82, 2.24) is 14.3 Å². The Morgan fingerprint density at radius 1 is 1.28 bits per heavy atom. The van der Waals surface area contributed by atoms with E-state index < -0.39 is 10.2 Å². The van der Waals surface area contributed by atoms with E-state index in [0.29, 0.717) is 31.6 Å². The summed E-state index contributed by atoms with van der Waals surface area (Å²) < 4.78 is 28.2. The first-order chi connectivity index (χ1) is 8.63. The van der Waals surface area contributed by atoms with Gasteiger partial charge in [-0.3, -0.25) is 0 Å². The molecule has 0 saturated carbocycles. The van der Waals surface area contributed by atoms with Crippen molar-refractivity contribution in [2.45, 2.75) is 45.1 Å². The van der Waals surface area contributed by atoms with Crippen LogP contribution >= 0.6 is 0 Å². The maximum atomic E-state index is 12.0. The Labute approximate surface area is 110 Å². The van der Waals surface area contributed by atoms with Gasteiger partial charge in [0.05, 0.1) is 0 Å². The number of piperidine rings is 1. The van der Waals surface area contributed by atoms with Crippen LogP contribution in [-0.2, 0) is 10.2 Å². The summed E-state index contributed by atoms with van der Waals surface area (Å²) in [5.41, 5.74) is 0. The Balaban J connectivity index is 1.82. The minimum Gasteiger partial charge on any atom is -0.314 e. The molecule has 0 aromatic carbocycles. The molecule has 0 aliphatic carbocycles. The smallest absolute Gasteiger partial charge is 0.279 e. The molecule has 0 aromatic heterocycles. The zero-order valence-corrected chi connectivity index (χ0v) is 12.0. The predicted octanol–water partition coefficient (Wildman–Crippen LogP) is 0.695. The van der Waals surface area contributed by atoms with Gasteiger partial charge < -0.3 is 5.32 Å². The molecule has 0 aromatic rings. The SMILES string of the molecule is CCCNS(=O)(=O)N1CCC(C2CCCN2)CC1. The zero-order valence-electron chi connectivity index (χ0n) is 11.2. The number of hydrogen-bond donors (Lipinski definition) is 2. The highest BCUT2D eigenvalue weighted by Gasteiger charge is 2.32. The van der Waals surface area contributed by atoms with Crippen LogP contribution in [-0.4, -0.2) is 44.9 Å². The van der Waals surface area contributed by atoms with Crippen LogP contribution in [0.2, 0.25) is 0 Å². The van der Waals surface area contributed by atoms with Gasteiger partial charge in [-0.2, -0.15) is 12.7 Å². The Morgan fingerprint density at radius 3 is 2.56 bits per heavy atom. The van der Waals surface area contributed by atoms with Crippen LogP contribution < -0.4 is 10.0 Å². The van der Waals surface area contributed by atoms with Gasteiger partial charge in [-0.05, 0) is 44.6 Å². The molecule has 1 unspecified atom stereocenters. The van der Waals surface area contributed by atoms with Crippen molar-refractivity contribution in [2.75, 3.05) is 26.2 Å². The number of rotatable bonds is 5. The highest BCUT2D eigenvalue weighted by atomic mass is 32.2. The molecule has 0 bridgehead atoms. The Hall–Kier alpha value is -0.170. The number of nitrogens with one attached hydrogen (secondary N) is 2. The van der Waals surface area contributed by atoms with E-state index in [1.54, 1.807) is 4.31 Å². The monoisotopic (exact) mass is 275 g/mol. The molecule has 2 heterocycles. The second-order valence-electron chi connectivity index (χ2n) is 5.34. The lowest BCUT2D eigenvalue weighted by Gasteiger charge is -2.34. The van der Waals surface area contributed by atoms with Crippen LogP contribution in [0.1, 0.15) is 39.0 Å². The minimum atomic E-state index is -3.23. The van der Waals surface area contributed by atoms with Crippen molar-refractivity contribution in [3.8, 4) is 0 Å². The van der Waals surface area contributed by atoms with Gasteiger partial charge in [0.1, 0.15) is 0 Å². The van der Waals surface area contributed by atoms with E-state index in [2.05, 4.69) is 10.0 Å². The Bertz CT molecular complexity index is 344. The molecular formula is C12H25N3O2S. The molecule has 2 saturated heterocycles. The lowest BCUT2D eigenvalue weighted by molar-refractivity contribution is 0.232. The molecule has 106 valence electrons. The van der Waals surface area contributed by atoms with Gasteiger partial charge in [0.2, 0.25) is 0 Å². The average Bonchev–Trinajstić information content (AvgIpc) is 2.90. The van der Waals surface area contributed by atoms with Gasteiger partial charge in [0.15, 0.2) is 0 Å². The highest BCUT2D eigenvalue weighted by Crippen LogP contribution is 2.26. The van der Waals surface area contributed by atoms with Crippen molar-refractivity contribution in [3.63, 3.8) is 0 Å². The van der Waals surface area contributed by atoms with E-state index in [1.807, 2.05) is 6.92 Å². The molecule has 2 N–H and O–H groups in total. The van der Waals surface area contributed by atoms with Crippen LogP contribution in [0.4, 0.5) is 0 Å². The fraction of sp³-hybridized carbons (Fsp3) is 1.00. The molecule has 2 fully saturated rings. The molecule has 5 nitrogen and oxygen atoms in total. The lowest BCUT2D eigenvalue weighted by Crippen LogP contribution is -2.47. The second-order valence-corrected chi connectivity index (χ2v) is 7.09. The summed E-state index contributed by atoms with van der Waals surface area (Å²) >= 11 is 0. The molecule has 2 aliphatic heterocycles. The minimum absolute atomic E-state index is 0.534.